The number of carbonyl (C=O) groups excluding carboxylic acids is 1. The van der Waals surface area contributed by atoms with E-state index in [4.69, 9.17) is 9.84 Å². The molecular formula is C22H19N3O2S. The zero-order valence-corrected chi connectivity index (χ0v) is 16.4. The Morgan fingerprint density at radius 3 is 2.79 bits per heavy atom. The monoisotopic (exact) mass is 389 g/mol. The van der Waals surface area contributed by atoms with E-state index >= 15 is 0 Å². The largest absolute Gasteiger partial charge is 0.461 e. The van der Waals surface area contributed by atoms with E-state index in [1.807, 2.05) is 49.4 Å². The van der Waals surface area contributed by atoms with Gasteiger partial charge in [0.15, 0.2) is 5.69 Å². The first-order chi connectivity index (χ1) is 13.7. The van der Waals surface area contributed by atoms with Gasteiger partial charge in [0.2, 0.25) is 5.13 Å². The fourth-order valence-electron chi connectivity index (χ4n) is 3.04. The Hall–Kier alpha value is -3.25. The number of hydrogen-bond acceptors (Lipinski definition) is 5. The molecule has 0 saturated carbocycles. The molecule has 0 N–H and O–H groups in total. The third-order valence-electron chi connectivity index (χ3n) is 4.27. The van der Waals surface area contributed by atoms with Crippen LogP contribution in [0.15, 0.2) is 60.0 Å². The minimum Gasteiger partial charge on any atom is -0.461 e. The highest BCUT2D eigenvalue weighted by Gasteiger charge is 2.18. The number of hydrogen-bond donors (Lipinski definition) is 0. The average molecular weight is 389 g/mol. The van der Waals surface area contributed by atoms with Gasteiger partial charge in [-0.25, -0.2) is 14.5 Å². The van der Waals surface area contributed by atoms with Gasteiger partial charge in [0.1, 0.15) is 5.69 Å². The summed E-state index contributed by atoms with van der Waals surface area (Å²) in [5.41, 5.74) is 4.25. The van der Waals surface area contributed by atoms with Crippen LogP contribution >= 0.6 is 11.3 Å². The fourth-order valence-corrected chi connectivity index (χ4v) is 3.80. The number of carbonyl (C=O) groups is 1. The van der Waals surface area contributed by atoms with E-state index in [1.165, 1.54) is 11.3 Å². The molecule has 2 heterocycles. The van der Waals surface area contributed by atoms with Crippen LogP contribution in [0.2, 0.25) is 0 Å². The Labute approximate surface area is 166 Å². The smallest absolute Gasteiger partial charge is 0.357 e. The number of ether oxygens (including phenoxy) is 1. The van der Waals surface area contributed by atoms with Crippen LogP contribution in [0.3, 0.4) is 0 Å². The molecule has 0 unspecified atom stereocenters. The molecule has 0 aliphatic heterocycles. The van der Waals surface area contributed by atoms with Gasteiger partial charge in [0, 0.05) is 16.3 Å². The van der Waals surface area contributed by atoms with Crippen molar-refractivity contribution in [3.8, 4) is 16.4 Å². The predicted molar refractivity (Wildman–Crippen MR) is 113 cm³/mol. The van der Waals surface area contributed by atoms with Crippen molar-refractivity contribution in [3.63, 3.8) is 0 Å². The molecule has 0 amide bonds. The lowest BCUT2D eigenvalue weighted by molar-refractivity contribution is 0.0520. The number of nitrogens with zero attached hydrogens (tertiary/aromatic N) is 3. The van der Waals surface area contributed by atoms with E-state index in [2.05, 4.69) is 23.2 Å². The van der Waals surface area contributed by atoms with Crippen molar-refractivity contribution in [2.75, 3.05) is 6.61 Å². The van der Waals surface area contributed by atoms with Crippen molar-refractivity contribution in [1.29, 1.82) is 0 Å². The Kier molecular flexibility index (Phi) is 5.04. The standard InChI is InChI=1S/C22H19N3O2S/c1-3-8-15-11-12-17-19(13-15)25(24-20(17)16-9-6-5-7-10-16)22-23-18(14-28-22)21(26)27-4-2/h3,5-14H,4H2,1-2H3/b8-3+. The molecule has 2 aromatic heterocycles. The highest BCUT2D eigenvalue weighted by atomic mass is 32.1. The van der Waals surface area contributed by atoms with Gasteiger partial charge in [-0.3, -0.25) is 0 Å². The van der Waals surface area contributed by atoms with Crippen LogP contribution < -0.4 is 0 Å². The van der Waals surface area contributed by atoms with Crippen molar-refractivity contribution in [3.05, 3.63) is 71.2 Å². The third kappa shape index (κ3) is 3.34. The first-order valence-corrected chi connectivity index (χ1v) is 9.93. The predicted octanol–water partition coefficient (Wildman–Crippen LogP) is 5.36. The van der Waals surface area contributed by atoms with Crippen LogP contribution in [0, 0.1) is 0 Å². The number of rotatable bonds is 5. The number of fused-ring (bicyclic) bond motifs is 1. The van der Waals surface area contributed by atoms with Gasteiger partial charge in [-0.05, 0) is 31.5 Å². The summed E-state index contributed by atoms with van der Waals surface area (Å²) in [4.78, 5) is 16.5. The summed E-state index contributed by atoms with van der Waals surface area (Å²) in [6.07, 6.45) is 4.05. The molecule has 0 spiro atoms. The van der Waals surface area contributed by atoms with Gasteiger partial charge >= 0.3 is 5.97 Å². The number of esters is 1. The quantitative estimate of drug-likeness (QED) is 0.431. The van der Waals surface area contributed by atoms with E-state index < -0.39 is 5.97 Å². The lowest BCUT2D eigenvalue weighted by Crippen LogP contribution is -2.05. The van der Waals surface area contributed by atoms with Crippen LogP contribution in [-0.2, 0) is 4.74 Å². The van der Waals surface area contributed by atoms with Crippen molar-refractivity contribution in [2.45, 2.75) is 13.8 Å². The fraction of sp³-hybridized carbons (Fsp3) is 0.136. The summed E-state index contributed by atoms with van der Waals surface area (Å²) in [5, 5.41) is 8.21. The maximum Gasteiger partial charge on any atom is 0.357 e. The van der Waals surface area contributed by atoms with E-state index in [-0.39, 0.29) is 0 Å². The lowest BCUT2D eigenvalue weighted by Gasteiger charge is -2.00. The molecule has 4 rings (SSSR count). The van der Waals surface area contributed by atoms with E-state index in [0.29, 0.717) is 17.4 Å². The van der Waals surface area contributed by atoms with E-state index in [1.54, 1.807) is 17.0 Å². The molecule has 0 bridgehead atoms. The Morgan fingerprint density at radius 2 is 2.04 bits per heavy atom. The summed E-state index contributed by atoms with van der Waals surface area (Å²) in [6, 6.07) is 16.3. The highest BCUT2D eigenvalue weighted by Crippen LogP contribution is 2.31. The maximum atomic E-state index is 12.0. The van der Waals surface area contributed by atoms with Gasteiger partial charge in [-0.1, -0.05) is 48.6 Å². The van der Waals surface area contributed by atoms with Gasteiger partial charge in [0.05, 0.1) is 12.1 Å². The Morgan fingerprint density at radius 1 is 1.21 bits per heavy atom. The lowest BCUT2D eigenvalue weighted by atomic mass is 10.1. The molecule has 6 heteroatoms. The summed E-state index contributed by atoms with van der Waals surface area (Å²) in [5.74, 6) is -0.417. The zero-order chi connectivity index (χ0) is 19.5. The Bertz CT molecular complexity index is 1160. The summed E-state index contributed by atoms with van der Waals surface area (Å²) in [7, 11) is 0. The van der Waals surface area contributed by atoms with Crippen LogP contribution in [-0.4, -0.2) is 27.3 Å². The number of allylic oxidation sites excluding steroid dienone is 1. The molecule has 0 aliphatic carbocycles. The Balaban J connectivity index is 1.90. The summed E-state index contributed by atoms with van der Waals surface area (Å²) >= 11 is 1.37. The SMILES string of the molecule is C/C=C/c1ccc2c(-c3ccccc3)nn(-c3nc(C(=O)OCC)cs3)c2c1. The zero-order valence-electron chi connectivity index (χ0n) is 15.6. The highest BCUT2D eigenvalue weighted by molar-refractivity contribution is 7.12. The van der Waals surface area contributed by atoms with Gasteiger partial charge in [0.25, 0.3) is 0 Å². The average Bonchev–Trinajstić information content (AvgIpc) is 3.34. The van der Waals surface area contributed by atoms with Gasteiger partial charge in [-0.15, -0.1) is 11.3 Å². The molecule has 0 fully saturated rings. The summed E-state index contributed by atoms with van der Waals surface area (Å²) in [6.45, 7) is 4.09. The van der Waals surface area contributed by atoms with Crippen molar-refractivity contribution < 1.29 is 9.53 Å². The van der Waals surface area contributed by atoms with E-state index in [0.717, 1.165) is 27.7 Å². The molecule has 28 heavy (non-hydrogen) atoms. The normalized spacial score (nSPS) is 11.4. The second-order valence-electron chi connectivity index (χ2n) is 6.14. The van der Waals surface area contributed by atoms with Crippen molar-refractivity contribution >= 4 is 34.3 Å². The number of aromatic nitrogens is 3. The second-order valence-corrected chi connectivity index (χ2v) is 6.98. The van der Waals surface area contributed by atoms with Crippen LogP contribution in [0.1, 0.15) is 29.9 Å². The van der Waals surface area contributed by atoms with Gasteiger partial charge < -0.3 is 4.74 Å². The second kappa shape index (κ2) is 7.78. The first-order valence-electron chi connectivity index (χ1n) is 9.05. The maximum absolute atomic E-state index is 12.0. The minimum atomic E-state index is -0.417. The first kappa shape index (κ1) is 18.1. The van der Waals surface area contributed by atoms with Crippen LogP contribution in [0.5, 0.6) is 0 Å². The molecule has 0 aliphatic rings. The topological polar surface area (TPSA) is 57.0 Å². The third-order valence-corrected chi connectivity index (χ3v) is 5.09. The summed E-state index contributed by atoms with van der Waals surface area (Å²) < 4.78 is 6.86. The van der Waals surface area contributed by atoms with Crippen LogP contribution in [0.4, 0.5) is 0 Å². The minimum absolute atomic E-state index is 0.302. The molecule has 5 nitrogen and oxygen atoms in total. The molecule has 4 aromatic rings. The molecule has 2 aromatic carbocycles. The molecular weight excluding hydrogens is 370 g/mol. The van der Waals surface area contributed by atoms with Crippen molar-refractivity contribution in [1.82, 2.24) is 14.8 Å². The number of benzene rings is 2. The molecule has 0 atom stereocenters. The van der Waals surface area contributed by atoms with Crippen LogP contribution in [0.25, 0.3) is 33.4 Å². The van der Waals surface area contributed by atoms with Gasteiger partial charge in [-0.2, -0.15) is 5.10 Å². The molecule has 0 saturated heterocycles. The van der Waals surface area contributed by atoms with Crippen molar-refractivity contribution in [2.24, 2.45) is 0 Å². The molecule has 140 valence electrons. The number of thiazole rings is 1. The molecule has 0 radical (unpaired) electrons. The van der Waals surface area contributed by atoms with E-state index in [9.17, 15) is 4.79 Å².